The number of halogens is 1. The summed E-state index contributed by atoms with van der Waals surface area (Å²) in [5.41, 5.74) is 1.03. The van der Waals surface area contributed by atoms with Gasteiger partial charge in [0.2, 0.25) is 0 Å². The van der Waals surface area contributed by atoms with Crippen molar-refractivity contribution in [3.63, 3.8) is 0 Å². The van der Waals surface area contributed by atoms with Crippen LogP contribution < -0.4 is 5.32 Å². The molecule has 2 aromatic rings. The average Bonchev–Trinajstić information content (AvgIpc) is 2.73. The molecule has 0 fully saturated rings. The summed E-state index contributed by atoms with van der Waals surface area (Å²) in [6, 6.07) is 3.94. The second kappa shape index (κ2) is 5.54. The van der Waals surface area contributed by atoms with E-state index in [4.69, 9.17) is 0 Å². The lowest BCUT2D eigenvalue weighted by molar-refractivity contribution is 0.578. The van der Waals surface area contributed by atoms with E-state index in [-0.39, 0.29) is 5.41 Å². The molecule has 0 spiro atoms. The number of hydrogen-bond donors (Lipinski definition) is 1. The number of anilines is 1. The summed E-state index contributed by atoms with van der Waals surface area (Å²) in [6.45, 7) is 9.05. The van der Waals surface area contributed by atoms with Crippen LogP contribution in [0.4, 0.5) is 5.82 Å². The Balaban J connectivity index is 2.04. The Bertz CT molecular complexity index is 554. The van der Waals surface area contributed by atoms with Crippen LogP contribution in [-0.4, -0.2) is 15.2 Å². The SMILES string of the molecule is Cc1cc(Br)cc(NCc2nnc(C(C)(C)C)s2)n1. The molecule has 19 heavy (non-hydrogen) atoms. The van der Waals surface area contributed by atoms with Crippen molar-refractivity contribution in [3.8, 4) is 0 Å². The van der Waals surface area contributed by atoms with Gasteiger partial charge in [-0.3, -0.25) is 0 Å². The van der Waals surface area contributed by atoms with Gasteiger partial charge in [-0.15, -0.1) is 10.2 Å². The van der Waals surface area contributed by atoms with E-state index in [1.165, 1.54) is 0 Å². The van der Waals surface area contributed by atoms with Gasteiger partial charge in [0.25, 0.3) is 0 Å². The number of rotatable bonds is 3. The number of nitrogens with zero attached hydrogens (tertiary/aromatic N) is 3. The van der Waals surface area contributed by atoms with E-state index in [9.17, 15) is 0 Å². The highest BCUT2D eigenvalue weighted by Crippen LogP contribution is 2.25. The molecule has 0 aliphatic carbocycles. The fourth-order valence-corrected chi connectivity index (χ4v) is 2.90. The Labute approximate surface area is 125 Å². The minimum atomic E-state index is 0.0561. The molecule has 2 aromatic heterocycles. The molecular weight excluding hydrogens is 324 g/mol. The van der Waals surface area contributed by atoms with Gasteiger partial charge in [0.15, 0.2) is 0 Å². The Morgan fingerprint density at radius 1 is 1.26 bits per heavy atom. The topological polar surface area (TPSA) is 50.7 Å². The quantitative estimate of drug-likeness (QED) is 0.920. The van der Waals surface area contributed by atoms with Crippen LogP contribution in [0.15, 0.2) is 16.6 Å². The van der Waals surface area contributed by atoms with Crippen LogP contribution in [-0.2, 0) is 12.0 Å². The zero-order valence-electron chi connectivity index (χ0n) is 11.5. The van der Waals surface area contributed by atoms with Crippen molar-refractivity contribution in [1.82, 2.24) is 15.2 Å². The molecule has 2 rings (SSSR count). The van der Waals surface area contributed by atoms with Crippen molar-refractivity contribution >= 4 is 33.1 Å². The lowest BCUT2D eigenvalue weighted by atomic mass is 9.98. The first-order chi connectivity index (χ1) is 8.84. The van der Waals surface area contributed by atoms with Crippen molar-refractivity contribution in [3.05, 3.63) is 32.3 Å². The second-order valence-corrected chi connectivity index (χ2v) is 7.39. The van der Waals surface area contributed by atoms with Crippen molar-refractivity contribution < 1.29 is 0 Å². The van der Waals surface area contributed by atoms with Crippen LogP contribution in [0.25, 0.3) is 0 Å². The molecule has 0 amide bonds. The summed E-state index contributed by atoms with van der Waals surface area (Å²) < 4.78 is 1.02. The first-order valence-electron chi connectivity index (χ1n) is 6.05. The molecular formula is C13H17BrN4S. The van der Waals surface area contributed by atoms with Gasteiger partial charge < -0.3 is 5.32 Å². The first-order valence-corrected chi connectivity index (χ1v) is 7.66. The molecule has 0 aromatic carbocycles. The summed E-state index contributed by atoms with van der Waals surface area (Å²) in [4.78, 5) is 4.42. The molecule has 2 heterocycles. The third kappa shape index (κ3) is 3.98. The zero-order valence-corrected chi connectivity index (χ0v) is 13.9. The smallest absolute Gasteiger partial charge is 0.136 e. The molecule has 0 bridgehead atoms. The van der Waals surface area contributed by atoms with E-state index >= 15 is 0 Å². The number of aryl methyl sites for hydroxylation is 1. The van der Waals surface area contributed by atoms with Crippen molar-refractivity contribution in [1.29, 1.82) is 0 Å². The monoisotopic (exact) mass is 340 g/mol. The van der Waals surface area contributed by atoms with Crippen molar-refractivity contribution in [2.75, 3.05) is 5.32 Å². The van der Waals surface area contributed by atoms with E-state index in [1.807, 2.05) is 19.1 Å². The van der Waals surface area contributed by atoms with Gasteiger partial charge in [-0.1, -0.05) is 48.0 Å². The Hall–Kier alpha value is -1.01. The normalized spacial score (nSPS) is 11.6. The van der Waals surface area contributed by atoms with Crippen LogP contribution in [0.2, 0.25) is 0 Å². The van der Waals surface area contributed by atoms with E-state index in [1.54, 1.807) is 11.3 Å². The second-order valence-electron chi connectivity index (χ2n) is 5.42. The largest absolute Gasteiger partial charge is 0.363 e. The van der Waals surface area contributed by atoms with E-state index in [0.29, 0.717) is 6.54 Å². The predicted octanol–water partition coefficient (Wildman–Crippen LogP) is 3.91. The molecule has 0 aliphatic heterocycles. The van der Waals surface area contributed by atoms with E-state index in [2.05, 4.69) is 57.2 Å². The van der Waals surface area contributed by atoms with Gasteiger partial charge in [0, 0.05) is 15.6 Å². The Morgan fingerprint density at radius 3 is 2.58 bits per heavy atom. The molecule has 0 aliphatic rings. The highest BCUT2D eigenvalue weighted by molar-refractivity contribution is 9.10. The Morgan fingerprint density at radius 2 is 2.00 bits per heavy atom. The maximum atomic E-state index is 4.42. The highest BCUT2D eigenvalue weighted by atomic mass is 79.9. The van der Waals surface area contributed by atoms with Crippen LogP contribution in [0, 0.1) is 6.92 Å². The minimum absolute atomic E-state index is 0.0561. The third-order valence-corrected chi connectivity index (χ3v) is 4.25. The van der Waals surface area contributed by atoms with Crippen molar-refractivity contribution in [2.24, 2.45) is 0 Å². The third-order valence-electron chi connectivity index (χ3n) is 2.45. The maximum absolute atomic E-state index is 4.42. The maximum Gasteiger partial charge on any atom is 0.136 e. The molecule has 0 radical (unpaired) electrons. The standard InChI is InChI=1S/C13H17BrN4S/c1-8-5-9(14)6-10(16-8)15-7-11-17-18-12(19-11)13(2,3)4/h5-6H,7H2,1-4H3,(H,15,16). The summed E-state index contributed by atoms with van der Waals surface area (Å²) in [5.74, 6) is 0.847. The van der Waals surface area contributed by atoms with Crippen LogP contribution in [0.3, 0.4) is 0 Å². The van der Waals surface area contributed by atoms with Gasteiger partial charge in [-0.25, -0.2) is 4.98 Å². The van der Waals surface area contributed by atoms with Crippen LogP contribution >= 0.6 is 27.3 Å². The molecule has 1 N–H and O–H groups in total. The first kappa shape index (κ1) is 14.4. The molecule has 4 nitrogen and oxygen atoms in total. The van der Waals surface area contributed by atoms with Gasteiger partial charge in [0.05, 0.1) is 6.54 Å². The average molecular weight is 341 g/mol. The lowest BCUT2D eigenvalue weighted by Gasteiger charge is -2.12. The number of aromatic nitrogens is 3. The fraction of sp³-hybridized carbons (Fsp3) is 0.462. The van der Waals surface area contributed by atoms with Crippen molar-refractivity contribution in [2.45, 2.75) is 39.7 Å². The summed E-state index contributed by atoms with van der Waals surface area (Å²) >= 11 is 5.11. The van der Waals surface area contributed by atoms with Crippen LogP contribution in [0.5, 0.6) is 0 Å². The summed E-state index contributed by atoms with van der Waals surface area (Å²) in [5, 5.41) is 13.8. The number of nitrogens with one attached hydrogen (secondary N) is 1. The van der Waals surface area contributed by atoms with Gasteiger partial charge in [-0.2, -0.15) is 0 Å². The minimum Gasteiger partial charge on any atom is -0.363 e. The number of pyridine rings is 1. The molecule has 102 valence electrons. The lowest BCUT2D eigenvalue weighted by Crippen LogP contribution is -2.10. The summed E-state index contributed by atoms with van der Waals surface area (Å²) in [7, 11) is 0. The highest BCUT2D eigenvalue weighted by Gasteiger charge is 2.19. The van der Waals surface area contributed by atoms with Gasteiger partial charge in [-0.05, 0) is 19.1 Å². The fourth-order valence-electron chi connectivity index (χ4n) is 1.51. The molecule has 6 heteroatoms. The van der Waals surface area contributed by atoms with E-state index in [0.717, 1.165) is 26.0 Å². The zero-order chi connectivity index (χ0) is 14.0. The number of hydrogen-bond acceptors (Lipinski definition) is 5. The Kier molecular flexibility index (Phi) is 4.20. The van der Waals surface area contributed by atoms with Crippen LogP contribution in [0.1, 0.15) is 36.5 Å². The van der Waals surface area contributed by atoms with Gasteiger partial charge >= 0.3 is 0 Å². The molecule has 0 saturated heterocycles. The molecule has 0 unspecified atom stereocenters. The molecule has 0 saturated carbocycles. The van der Waals surface area contributed by atoms with E-state index < -0.39 is 0 Å². The van der Waals surface area contributed by atoms with Gasteiger partial charge in [0.1, 0.15) is 15.8 Å². The predicted molar refractivity (Wildman–Crippen MR) is 82.6 cm³/mol. The molecule has 0 atom stereocenters. The summed E-state index contributed by atoms with van der Waals surface area (Å²) in [6.07, 6.45) is 0.